The van der Waals surface area contributed by atoms with Crippen molar-refractivity contribution in [1.82, 2.24) is 19.3 Å². The second kappa shape index (κ2) is 6.75. The number of anilines is 1. The second-order valence-corrected chi connectivity index (χ2v) is 7.40. The molecule has 0 fully saturated rings. The fourth-order valence-electron chi connectivity index (χ4n) is 2.79. The molecule has 3 aromatic rings. The van der Waals surface area contributed by atoms with Gasteiger partial charge in [0.2, 0.25) is 0 Å². The van der Waals surface area contributed by atoms with E-state index >= 15 is 0 Å². The zero-order valence-electron chi connectivity index (χ0n) is 15.7. The van der Waals surface area contributed by atoms with Crippen LogP contribution in [0.2, 0.25) is 0 Å². The van der Waals surface area contributed by atoms with Gasteiger partial charge in [0.1, 0.15) is 11.6 Å². The van der Waals surface area contributed by atoms with Crippen molar-refractivity contribution in [2.24, 2.45) is 0 Å². The number of hydrogen-bond donors (Lipinski definition) is 1. The molecule has 5 nitrogen and oxygen atoms in total. The fraction of sp³-hybridized carbons (Fsp3) is 0.400. The fourth-order valence-corrected chi connectivity index (χ4v) is 2.79. The second-order valence-electron chi connectivity index (χ2n) is 7.40. The van der Waals surface area contributed by atoms with Gasteiger partial charge in [-0.3, -0.25) is 0 Å². The summed E-state index contributed by atoms with van der Waals surface area (Å²) in [6.45, 7) is 12.4. The van der Waals surface area contributed by atoms with Gasteiger partial charge >= 0.3 is 0 Å². The highest BCUT2D eigenvalue weighted by Crippen LogP contribution is 2.26. The number of rotatable bonds is 5. The lowest BCUT2D eigenvalue weighted by atomic mass is 9.92. The van der Waals surface area contributed by atoms with E-state index in [9.17, 15) is 0 Å². The molecule has 25 heavy (non-hydrogen) atoms. The number of aromatic nitrogens is 4. The van der Waals surface area contributed by atoms with Gasteiger partial charge in [-0.15, -0.1) is 0 Å². The van der Waals surface area contributed by atoms with Crippen molar-refractivity contribution in [3.05, 3.63) is 59.8 Å². The van der Waals surface area contributed by atoms with Crippen LogP contribution in [0, 0.1) is 6.92 Å². The van der Waals surface area contributed by atoms with Crippen LogP contribution in [-0.2, 0) is 18.5 Å². The maximum absolute atomic E-state index is 4.86. The Morgan fingerprint density at radius 3 is 2.64 bits per heavy atom. The number of aryl methyl sites for hydroxylation is 2. The van der Waals surface area contributed by atoms with Crippen molar-refractivity contribution in [2.45, 2.75) is 53.1 Å². The molecule has 0 amide bonds. The van der Waals surface area contributed by atoms with Crippen molar-refractivity contribution in [3.63, 3.8) is 0 Å². The maximum Gasteiger partial charge on any atom is 0.130 e. The molecule has 0 aliphatic heterocycles. The topological polar surface area (TPSA) is 47.7 Å². The zero-order valence-corrected chi connectivity index (χ0v) is 15.7. The van der Waals surface area contributed by atoms with Gasteiger partial charge in [0, 0.05) is 30.4 Å². The van der Waals surface area contributed by atoms with E-state index in [0.717, 1.165) is 29.6 Å². The van der Waals surface area contributed by atoms with E-state index < -0.39 is 0 Å². The molecule has 132 valence electrons. The van der Waals surface area contributed by atoms with Gasteiger partial charge in [-0.25, -0.2) is 9.67 Å². The summed E-state index contributed by atoms with van der Waals surface area (Å²) < 4.78 is 4.14. The first kappa shape index (κ1) is 17.3. The smallest absolute Gasteiger partial charge is 0.130 e. The van der Waals surface area contributed by atoms with Gasteiger partial charge in [0.25, 0.3) is 0 Å². The molecule has 0 atom stereocenters. The summed E-state index contributed by atoms with van der Waals surface area (Å²) >= 11 is 0. The van der Waals surface area contributed by atoms with Crippen molar-refractivity contribution < 1.29 is 0 Å². The predicted molar refractivity (Wildman–Crippen MR) is 102 cm³/mol. The van der Waals surface area contributed by atoms with Gasteiger partial charge in [-0.1, -0.05) is 32.9 Å². The van der Waals surface area contributed by atoms with Crippen molar-refractivity contribution in [2.75, 3.05) is 5.32 Å². The van der Waals surface area contributed by atoms with Crippen LogP contribution in [0.4, 0.5) is 5.82 Å². The Bertz CT molecular complexity index is 851. The standard InChI is InChI=1S/C20H27N5/c1-6-24-11-10-21-19(24)14-22-18-13-17(20(3,4)5)23-25(18)16-9-7-8-15(2)12-16/h7-13,22H,6,14H2,1-5H3. The van der Waals surface area contributed by atoms with Crippen LogP contribution in [0.5, 0.6) is 0 Å². The van der Waals surface area contributed by atoms with E-state index in [1.165, 1.54) is 5.56 Å². The molecule has 3 rings (SSSR count). The molecule has 5 heteroatoms. The van der Waals surface area contributed by atoms with Crippen LogP contribution in [0.3, 0.4) is 0 Å². The highest BCUT2D eigenvalue weighted by atomic mass is 15.3. The summed E-state index contributed by atoms with van der Waals surface area (Å²) in [7, 11) is 0. The lowest BCUT2D eigenvalue weighted by molar-refractivity contribution is 0.560. The summed E-state index contributed by atoms with van der Waals surface area (Å²) in [5, 5.41) is 8.38. The molecule has 2 aromatic heterocycles. The lowest BCUT2D eigenvalue weighted by Gasteiger charge is -2.14. The SMILES string of the molecule is CCn1ccnc1CNc1cc(C(C)(C)C)nn1-c1cccc(C)c1. The zero-order chi connectivity index (χ0) is 18.0. The van der Waals surface area contributed by atoms with E-state index in [1.807, 2.05) is 17.1 Å². The summed E-state index contributed by atoms with van der Waals surface area (Å²) in [6.07, 6.45) is 3.86. The van der Waals surface area contributed by atoms with E-state index in [-0.39, 0.29) is 5.41 Å². The van der Waals surface area contributed by atoms with E-state index in [4.69, 9.17) is 5.10 Å². The molecule has 0 bridgehead atoms. The Hall–Kier alpha value is -2.56. The number of nitrogens with one attached hydrogen (secondary N) is 1. The molecule has 2 heterocycles. The third kappa shape index (κ3) is 3.76. The highest BCUT2D eigenvalue weighted by molar-refractivity contribution is 5.48. The molecule has 1 aromatic carbocycles. The van der Waals surface area contributed by atoms with E-state index in [0.29, 0.717) is 6.54 Å². The normalized spacial score (nSPS) is 11.7. The van der Waals surface area contributed by atoms with Crippen LogP contribution in [0.1, 0.15) is 44.8 Å². The summed E-state index contributed by atoms with van der Waals surface area (Å²) in [6, 6.07) is 10.5. The van der Waals surface area contributed by atoms with Crippen LogP contribution >= 0.6 is 0 Å². The molecule has 0 spiro atoms. The molecule has 0 unspecified atom stereocenters. The first-order valence-corrected chi connectivity index (χ1v) is 8.80. The van der Waals surface area contributed by atoms with E-state index in [1.54, 1.807) is 0 Å². The molecule has 0 aliphatic carbocycles. The molecule has 0 radical (unpaired) electrons. The van der Waals surface area contributed by atoms with Gasteiger partial charge in [-0.2, -0.15) is 5.10 Å². The highest BCUT2D eigenvalue weighted by Gasteiger charge is 2.20. The third-order valence-corrected chi connectivity index (χ3v) is 4.29. The largest absolute Gasteiger partial charge is 0.363 e. The quantitative estimate of drug-likeness (QED) is 0.755. The van der Waals surface area contributed by atoms with Crippen LogP contribution < -0.4 is 5.32 Å². The minimum atomic E-state index is -0.00656. The van der Waals surface area contributed by atoms with Gasteiger partial charge in [0.15, 0.2) is 0 Å². The molecule has 0 saturated heterocycles. The minimum Gasteiger partial charge on any atom is -0.363 e. The predicted octanol–water partition coefficient (Wildman–Crippen LogP) is 4.31. The monoisotopic (exact) mass is 337 g/mol. The average Bonchev–Trinajstić information content (AvgIpc) is 3.18. The molecular formula is C20H27N5. The van der Waals surface area contributed by atoms with Crippen LogP contribution in [-0.4, -0.2) is 19.3 Å². The summed E-state index contributed by atoms with van der Waals surface area (Å²) in [4.78, 5) is 4.44. The first-order valence-electron chi connectivity index (χ1n) is 8.80. The Kier molecular flexibility index (Phi) is 4.66. The van der Waals surface area contributed by atoms with Crippen LogP contribution in [0.25, 0.3) is 5.69 Å². The number of benzene rings is 1. The van der Waals surface area contributed by atoms with Gasteiger partial charge in [0.05, 0.1) is 17.9 Å². The summed E-state index contributed by atoms with van der Waals surface area (Å²) in [5.74, 6) is 2.01. The van der Waals surface area contributed by atoms with Gasteiger partial charge in [-0.05, 0) is 31.5 Å². The van der Waals surface area contributed by atoms with Crippen molar-refractivity contribution in [1.29, 1.82) is 0 Å². The summed E-state index contributed by atoms with van der Waals surface area (Å²) in [5.41, 5.74) is 3.35. The average molecular weight is 337 g/mol. The van der Waals surface area contributed by atoms with Crippen LogP contribution in [0.15, 0.2) is 42.7 Å². The lowest BCUT2D eigenvalue weighted by Crippen LogP contribution is -2.13. The third-order valence-electron chi connectivity index (χ3n) is 4.29. The van der Waals surface area contributed by atoms with Crippen molar-refractivity contribution >= 4 is 5.82 Å². The van der Waals surface area contributed by atoms with Gasteiger partial charge < -0.3 is 9.88 Å². The first-order chi connectivity index (χ1) is 11.9. The number of hydrogen-bond acceptors (Lipinski definition) is 3. The minimum absolute atomic E-state index is 0.00656. The molecular weight excluding hydrogens is 310 g/mol. The molecule has 1 N–H and O–H groups in total. The molecule has 0 saturated carbocycles. The Labute approximate surface area is 149 Å². The molecule has 0 aliphatic rings. The Morgan fingerprint density at radius 1 is 1.16 bits per heavy atom. The van der Waals surface area contributed by atoms with Crippen molar-refractivity contribution in [3.8, 4) is 5.69 Å². The Balaban J connectivity index is 1.95. The Morgan fingerprint density at radius 2 is 1.96 bits per heavy atom. The number of nitrogens with zero attached hydrogens (tertiary/aromatic N) is 4. The maximum atomic E-state index is 4.86. The number of imidazole rings is 1. The van der Waals surface area contributed by atoms with E-state index in [2.05, 4.69) is 79.8 Å².